The van der Waals surface area contributed by atoms with Crippen molar-refractivity contribution in [1.82, 2.24) is 4.90 Å². The van der Waals surface area contributed by atoms with Crippen molar-refractivity contribution in [1.29, 1.82) is 0 Å². The van der Waals surface area contributed by atoms with Gasteiger partial charge in [-0.3, -0.25) is 4.79 Å². The summed E-state index contributed by atoms with van der Waals surface area (Å²) in [4.78, 5) is 12.3. The smallest absolute Gasteiger partial charge is 0.305 e. The van der Waals surface area contributed by atoms with Gasteiger partial charge in [0.1, 0.15) is 0 Å². The Bertz CT molecular complexity index is 225. The molecule has 0 amide bonds. The molecule has 0 aliphatic rings. The van der Waals surface area contributed by atoms with Crippen LogP contribution in [0.1, 0.15) is 6.42 Å². The number of hydrogen-bond acceptors (Lipinski definition) is 6. The molecule has 0 spiro atoms. The minimum absolute atomic E-state index is 0.0247. The highest BCUT2D eigenvalue weighted by Gasteiger charge is 1.96. The molecule has 0 heterocycles. The van der Waals surface area contributed by atoms with E-state index >= 15 is 0 Å². The zero-order valence-electron chi connectivity index (χ0n) is 12.5. The van der Waals surface area contributed by atoms with Crippen LogP contribution < -0.4 is 0 Å². The Labute approximate surface area is 120 Å². The van der Waals surface area contributed by atoms with Crippen molar-refractivity contribution in [2.75, 3.05) is 73.5 Å². The number of rotatable bonds is 15. The monoisotopic (exact) mass is 293 g/mol. The van der Waals surface area contributed by atoms with Gasteiger partial charge in [0.25, 0.3) is 0 Å². The van der Waals surface area contributed by atoms with Gasteiger partial charge in [0.15, 0.2) is 0 Å². The fraction of sp³-hybridized carbons (Fsp3) is 0.923. The molecule has 0 saturated carbocycles. The molecular formula is C13H27NO6. The number of likely N-dealkylation sites (N-methyl/N-ethyl adjacent to an activating group) is 1. The molecule has 0 fully saturated rings. The average Bonchev–Trinajstić information content (AvgIpc) is 2.38. The standard InChI is InChI=1S/C13H27NO6/c1-14(2)4-6-18-8-10-20-12-11-19-9-7-17-5-3-13(15)16/h3-12H2,1-2H3,(H,15,16). The van der Waals surface area contributed by atoms with Gasteiger partial charge in [-0.25, -0.2) is 0 Å². The number of aliphatic carboxylic acids is 1. The fourth-order valence-electron chi connectivity index (χ4n) is 1.17. The predicted molar refractivity (Wildman–Crippen MR) is 74.1 cm³/mol. The summed E-state index contributed by atoms with van der Waals surface area (Å²) >= 11 is 0. The van der Waals surface area contributed by atoms with Crippen molar-refractivity contribution in [2.45, 2.75) is 6.42 Å². The van der Waals surface area contributed by atoms with Crippen LogP contribution in [0.5, 0.6) is 0 Å². The van der Waals surface area contributed by atoms with Crippen LogP contribution in [0.25, 0.3) is 0 Å². The van der Waals surface area contributed by atoms with E-state index in [-0.39, 0.29) is 13.0 Å². The molecule has 0 aromatic carbocycles. The van der Waals surface area contributed by atoms with Gasteiger partial charge in [-0.1, -0.05) is 0 Å². The van der Waals surface area contributed by atoms with Gasteiger partial charge in [0.2, 0.25) is 0 Å². The lowest BCUT2D eigenvalue weighted by molar-refractivity contribution is -0.138. The number of nitrogens with zero attached hydrogens (tertiary/aromatic N) is 1. The Morgan fingerprint density at radius 1 is 0.800 bits per heavy atom. The zero-order chi connectivity index (χ0) is 15.1. The van der Waals surface area contributed by atoms with Crippen LogP contribution >= 0.6 is 0 Å². The summed E-state index contributed by atoms with van der Waals surface area (Å²) in [6.07, 6.45) is 0.0247. The maximum Gasteiger partial charge on any atom is 0.305 e. The summed E-state index contributed by atoms with van der Waals surface area (Å²) in [6, 6.07) is 0. The van der Waals surface area contributed by atoms with Gasteiger partial charge in [0.05, 0.1) is 59.3 Å². The Kier molecular flexibility index (Phi) is 14.1. The maximum atomic E-state index is 10.2. The van der Waals surface area contributed by atoms with Crippen molar-refractivity contribution in [3.63, 3.8) is 0 Å². The van der Waals surface area contributed by atoms with Gasteiger partial charge in [-0.05, 0) is 14.1 Å². The van der Waals surface area contributed by atoms with Gasteiger partial charge >= 0.3 is 5.97 Å². The maximum absolute atomic E-state index is 10.2. The number of carboxylic acids is 1. The minimum Gasteiger partial charge on any atom is -0.481 e. The lowest BCUT2D eigenvalue weighted by Crippen LogP contribution is -2.19. The summed E-state index contributed by atoms with van der Waals surface area (Å²) in [6.45, 7) is 4.86. The molecular weight excluding hydrogens is 266 g/mol. The minimum atomic E-state index is -0.855. The van der Waals surface area contributed by atoms with Gasteiger partial charge < -0.3 is 29.0 Å². The van der Waals surface area contributed by atoms with E-state index in [9.17, 15) is 4.79 Å². The van der Waals surface area contributed by atoms with Crippen molar-refractivity contribution < 1.29 is 28.8 Å². The van der Waals surface area contributed by atoms with E-state index in [1.54, 1.807) is 0 Å². The third kappa shape index (κ3) is 17.3. The Balaban J connectivity index is 2.97. The van der Waals surface area contributed by atoms with Crippen LogP contribution in [0.15, 0.2) is 0 Å². The molecule has 0 bridgehead atoms. The van der Waals surface area contributed by atoms with Gasteiger partial charge in [-0.2, -0.15) is 0 Å². The number of carboxylic acid groups (broad SMARTS) is 1. The van der Waals surface area contributed by atoms with E-state index in [4.69, 9.17) is 24.1 Å². The fourth-order valence-corrected chi connectivity index (χ4v) is 1.17. The summed E-state index contributed by atoms with van der Waals surface area (Å²) in [7, 11) is 4.01. The topological polar surface area (TPSA) is 77.5 Å². The van der Waals surface area contributed by atoms with Crippen LogP contribution in [-0.4, -0.2) is 89.5 Å². The van der Waals surface area contributed by atoms with Gasteiger partial charge in [-0.15, -0.1) is 0 Å². The molecule has 1 N–H and O–H groups in total. The normalized spacial score (nSPS) is 11.2. The zero-order valence-corrected chi connectivity index (χ0v) is 12.5. The number of ether oxygens (including phenoxy) is 4. The first-order chi connectivity index (χ1) is 9.63. The molecule has 0 saturated heterocycles. The second-order valence-corrected chi connectivity index (χ2v) is 4.40. The number of hydrogen-bond donors (Lipinski definition) is 1. The molecule has 0 aromatic heterocycles. The quantitative estimate of drug-likeness (QED) is 0.429. The highest BCUT2D eigenvalue weighted by atomic mass is 16.6. The van der Waals surface area contributed by atoms with E-state index < -0.39 is 5.97 Å². The molecule has 120 valence electrons. The van der Waals surface area contributed by atoms with Crippen LogP contribution in [0.2, 0.25) is 0 Å². The van der Waals surface area contributed by atoms with E-state index in [0.29, 0.717) is 46.2 Å². The summed E-state index contributed by atoms with van der Waals surface area (Å²) < 4.78 is 21.0. The molecule has 0 rings (SSSR count). The number of carbonyl (C=O) groups is 1. The Morgan fingerprint density at radius 2 is 1.20 bits per heavy atom. The van der Waals surface area contributed by atoms with E-state index in [2.05, 4.69) is 4.90 Å². The van der Waals surface area contributed by atoms with Crippen molar-refractivity contribution in [3.8, 4) is 0 Å². The third-order valence-electron chi connectivity index (χ3n) is 2.26. The molecule has 0 aliphatic carbocycles. The SMILES string of the molecule is CN(C)CCOCCOCCOCCOCCC(=O)O. The van der Waals surface area contributed by atoms with Crippen molar-refractivity contribution in [3.05, 3.63) is 0 Å². The first-order valence-electron chi connectivity index (χ1n) is 6.80. The van der Waals surface area contributed by atoms with Crippen molar-refractivity contribution >= 4 is 5.97 Å². The third-order valence-corrected chi connectivity index (χ3v) is 2.26. The molecule has 0 unspecified atom stereocenters. The van der Waals surface area contributed by atoms with E-state index in [1.165, 1.54) is 0 Å². The van der Waals surface area contributed by atoms with E-state index in [0.717, 1.165) is 6.54 Å². The highest BCUT2D eigenvalue weighted by Crippen LogP contribution is 1.85. The largest absolute Gasteiger partial charge is 0.481 e. The molecule has 0 atom stereocenters. The summed E-state index contributed by atoms with van der Waals surface area (Å²) in [5.41, 5.74) is 0. The first-order valence-corrected chi connectivity index (χ1v) is 6.80. The van der Waals surface area contributed by atoms with Crippen molar-refractivity contribution in [2.24, 2.45) is 0 Å². The highest BCUT2D eigenvalue weighted by molar-refractivity contribution is 5.66. The van der Waals surface area contributed by atoms with Crippen LogP contribution in [0.4, 0.5) is 0 Å². The first kappa shape index (κ1) is 19.3. The molecule has 0 aliphatic heterocycles. The predicted octanol–water partition coefficient (Wildman–Crippen LogP) is 0.0891. The lowest BCUT2D eigenvalue weighted by atomic mass is 10.5. The Morgan fingerprint density at radius 3 is 1.60 bits per heavy atom. The van der Waals surface area contributed by atoms with E-state index in [1.807, 2.05) is 14.1 Å². The summed E-state index contributed by atoms with van der Waals surface area (Å²) in [5.74, 6) is -0.855. The average molecular weight is 293 g/mol. The second kappa shape index (κ2) is 14.7. The molecule has 0 aromatic rings. The second-order valence-electron chi connectivity index (χ2n) is 4.40. The molecule has 7 heteroatoms. The van der Waals surface area contributed by atoms with Crippen LogP contribution in [0.3, 0.4) is 0 Å². The van der Waals surface area contributed by atoms with Gasteiger partial charge in [0, 0.05) is 6.54 Å². The Hall–Kier alpha value is -0.730. The molecule has 7 nitrogen and oxygen atoms in total. The van der Waals surface area contributed by atoms with Crippen LogP contribution in [0, 0.1) is 0 Å². The summed E-state index contributed by atoms with van der Waals surface area (Å²) in [5, 5.41) is 8.38. The van der Waals surface area contributed by atoms with Crippen LogP contribution in [-0.2, 0) is 23.7 Å². The molecule has 20 heavy (non-hydrogen) atoms. The lowest BCUT2D eigenvalue weighted by Gasteiger charge is -2.10. The molecule has 0 radical (unpaired) electrons.